The second-order valence-corrected chi connectivity index (χ2v) is 4.99. The lowest BCUT2D eigenvalue weighted by Crippen LogP contribution is -2.15. The third kappa shape index (κ3) is 3.55. The number of nitrogens with one attached hydrogen (secondary N) is 1. The topological polar surface area (TPSA) is 90.1 Å². The zero-order chi connectivity index (χ0) is 14.7. The van der Waals surface area contributed by atoms with Gasteiger partial charge >= 0.3 is 6.01 Å². The summed E-state index contributed by atoms with van der Waals surface area (Å²) in [7, 11) is 0. The molecular weight excluding hydrogens is 268 g/mol. The Morgan fingerprint density at radius 3 is 2.67 bits per heavy atom. The number of hydrogen-bond acceptors (Lipinski definition) is 5. The SMILES string of the molecule is NC(=O)c1ccccc1Oc1ncc(CNC2CC2)cn1. The van der Waals surface area contributed by atoms with E-state index in [-0.39, 0.29) is 6.01 Å². The predicted molar refractivity (Wildman–Crippen MR) is 76.9 cm³/mol. The minimum atomic E-state index is -0.546. The second kappa shape index (κ2) is 5.88. The van der Waals surface area contributed by atoms with Gasteiger partial charge in [0.2, 0.25) is 0 Å². The van der Waals surface area contributed by atoms with Gasteiger partial charge in [0, 0.05) is 30.5 Å². The Balaban J connectivity index is 1.68. The molecule has 2 aromatic rings. The minimum absolute atomic E-state index is 0.193. The van der Waals surface area contributed by atoms with Crippen molar-refractivity contribution in [1.82, 2.24) is 15.3 Å². The Morgan fingerprint density at radius 1 is 1.29 bits per heavy atom. The molecule has 3 rings (SSSR count). The summed E-state index contributed by atoms with van der Waals surface area (Å²) in [6.45, 7) is 0.753. The minimum Gasteiger partial charge on any atom is -0.423 e. The van der Waals surface area contributed by atoms with Crippen molar-refractivity contribution in [3.63, 3.8) is 0 Å². The molecule has 1 amide bonds. The molecule has 1 aromatic heterocycles. The van der Waals surface area contributed by atoms with Gasteiger partial charge in [-0.2, -0.15) is 0 Å². The Hall–Kier alpha value is -2.47. The van der Waals surface area contributed by atoms with Gasteiger partial charge in [-0.05, 0) is 25.0 Å². The molecule has 1 heterocycles. The van der Waals surface area contributed by atoms with Crippen molar-refractivity contribution in [3.8, 4) is 11.8 Å². The molecule has 1 saturated carbocycles. The van der Waals surface area contributed by atoms with Gasteiger partial charge in [-0.3, -0.25) is 4.79 Å². The Labute approximate surface area is 122 Å². The largest absolute Gasteiger partial charge is 0.423 e. The number of nitrogens with zero attached hydrogens (tertiary/aromatic N) is 2. The van der Waals surface area contributed by atoms with E-state index >= 15 is 0 Å². The number of aromatic nitrogens is 2. The summed E-state index contributed by atoms with van der Waals surface area (Å²) in [5, 5.41) is 3.38. The lowest BCUT2D eigenvalue weighted by atomic mass is 10.2. The maximum absolute atomic E-state index is 11.3. The molecule has 6 nitrogen and oxygen atoms in total. The molecule has 0 bridgehead atoms. The van der Waals surface area contributed by atoms with Gasteiger partial charge in [-0.15, -0.1) is 0 Å². The Bertz CT molecular complexity index is 638. The number of ether oxygens (including phenoxy) is 1. The number of hydrogen-bond donors (Lipinski definition) is 2. The summed E-state index contributed by atoms with van der Waals surface area (Å²) in [6.07, 6.45) is 5.91. The van der Waals surface area contributed by atoms with E-state index in [1.165, 1.54) is 12.8 Å². The summed E-state index contributed by atoms with van der Waals surface area (Å²) in [5.41, 5.74) is 6.60. The van der Waals surface area contributed by atoms with Crippen molar-refractivity contribution in [1.29, 1.82) is 0 Å². The maximum Gasteiger partial charge on any atom is 0.321 e. The highest BCUT2D eigenvalue weighted by Gasteiger charge is 2.20. The van der Waals surface area contributed by atoms with Crippen LogP contribution in [0.5, 0.6) is 11.8 Å². The highest BCUT2D eigenvalue weighted by molar-refractivity contribution is 5.95. The number of carbonyl (C=O) groups excluding carboxylic acids is 1. The average molecular weight is 284 g/mol. The Morgan fingerprint density at radius 2 is 2.00 bits per heavy atom. The van der Waals surface area contributed by atoms with Crippen LogP contribution in [0.1, 0.15) is 28.8 Å². The summed E-state index contributed by atoms with van der Waals surface area (Å²) in [4.78, 5) is 19.6. The molecule has 108 valence electrons. The van der Waals surface area contributed by atoms with E-state index in [9.17, 15) is 4.79 Å². The van der Waals surface area contributed by atoms with Gasteiger partial charge in [0.15, 0.2) is 0 Å². The van der Waals surface area contributed by atoms with Gasteiger partial charge in [0.1, 0.15) is 5.75 Å². The molecule has 1 aromatic carbocycles. The molecule has 0 unspecified atom stereocenters. The standard InChI is InChI=1S/C15H16N4O2/c16-14(20)12-3-1-2-4-13(12)21-15-18-8-10(9-19-15)7-17-11-5-6-11/h1-4,8-9,11,17H,5-7H2,(H2,16,20). The molecule has 3 N–H and O–H groups in total. The fourth-order valence-corrected chi connectivity index (χ4v) is 1.89. The lowest BCUT2D eigenvalue weighted by Gasteiger charge is -2.08. The third-order valence-corrected chi connectivity index (χ3v) is 3.21. The van der Waals surface area contributed by atoms with Crippen LogP contribution in [0.2, 0.25) is 0 Å². The van der Waals surface area contributed by atoms with E-state index in [1.54, 1.807) is 36.7 Å². The first-order valence-electron chi connectivity index (χ1n) is 6.83. The zero-order valence-corrected chi connectivity index (χ0v) is 11.5. The van der Waals surface area contributed by atoms with Gasteiger partial charge in [-0.25, -0.2) is 9.97 Å². The smallest absolute Gasteiger partial charge is 0.321 e. The van der Waals surface area contributed by atoms with Crippen LogP contribution in [0.4, 0.5) is 0 Å². The van der Waals surface area contributed by atoms with Crippen molar-refractivity contribution in [3.05, 3.63) is 47.8 Å². The van der Waals surface area contributed by atoms with Crippen molar-refractivity contribution >= 4 is 5.91 Å². The van der Waals surface area contributed by atoms with E-state index in [1.807, 2.05) is 0 Å². The fraction of sp³-hybridized carbons (Fsp3) is 0.267. The molecule has 1 fully saturated rings. The van der Waals surface area contributed by atoms with E-state index in [2.05, 4.69) is 15.3 Å². The third-order valence-electron chi connectivity index (χ3n) is 3.21. The van der Waals surface area contributed by atoms with Crippen LogP contribution < -0.4 is 15.8 Å². The normalized spacial score (nSPS) is 13.9. The quantitative estimate of drug-likeness (QED) is 0.841. The summed E-state index contributed by atoms with van der Waals surface area (Å²) >= 11 is 0. The van der Waals surface area contributed by atoms with Crippen LogP contribution in [0, 0.1) is 0 Å². The lowest BCUT2D eigenvalue weighted by molar-refractivity contribution is 0.0998. The Kier molecular flexibility index (Phi) is 3.79. The highest BCUT2D eigenvalue weighted by atomic mass is 16.5. The molecule has 0 spiro atoms. The average Bonchev–Trinajstić information content (AvgIpc) is 3.31. The van der Waals surface area contributed by atoms with Crippen LogP contribution in [0.25, 0.3) is 0 Å². The first-order chi connectivity index (χ1) is 10.2. The number of amides is 1. The molecule has 21 heavy (non-hydrogen) atoms. The van der Waals surface area contributed by atoms with Gasteiger partial charge in [0.25, 0.3) is 5.91 Å². The van der Waals surface area contributed by atoms with Gasteiger partial charge in [0.05, 0.1) is 5.56 Å². The monoisotopic (exact) mass is 284 g/mol. The van der Waals surface area contributed by atoms with Crippen molar-refractivity contribution in [2.24, 2.45) is 5.73 Å². The van der Waals surface area contributed by atoms with E-state index in [4.69, 9.17) is 10.5 Å². The predicted octanol–water partition coefficient (Wildman–Crippen LogP) is 1.62. The molecular formula is C15H16N4O2. The van der Waals surface area contributed by atoms with Crippen LogP contribution >= 0.6 is 0 Å². The molecule has 0 radical (unpaired) electrons. The van der Waals surface area contributed by atoms with Crippen LogP contribution in [0.3, 0.4) is 0 Å². The number of para-hydroxylation sites is 1. The molecule has 0 atom stereocenters. The molecule has 6 heteroatoms. The van der Waals surface area contributed by atoms with E-state index < -0.39 is 5.91 Å². The van der Waals surface area contributed by atoms with E-state index in [0.717, 1.165) is 12.1 Å². The molecule has 0 saturated heterocycles. The summed E-state index contributed by atoms with van der Waals surface area (Å²) in [6, 6.07) is 7.58. The second-order valence-electron chi connectivity index (χ2n) is 4.99. The van der Waals surface area contributed by atoms with Crippen molar-refractivity contribution in [2.45, 2.75) is 25.4 Å². The van der Waals surface area contributed by atoms with Crippen LogP contribution in [-0.4, -0.2) is 21.9 Å². The first-order valence-corrected chi connectivity index (χ1v) is 6.83. The number of primary amides is 1. The molecule has 0 aliphatic heterocycles. The molecule has 1 aliphatic carbocycles. The maximum atomic E-state index is 11.3. The van der Waals surface area contributed by atoms with Crippen LogP contribution in [0.15, 0.2) is 36.7 Å². The summed E-state index contributed by atoms with van der Waals surface area (Å²) in [5.74, 6) is -0.190. The van der Waals surface area contributed by atoms with E-state index in [0.29, 0.717) is 17.4 Å². The summed E-state index contributed by atoms with van der Waals surface area (Å²) < 4.78 is 5.52. The van der Waals surface area contributed by atoms with Crippen molar-refractivity contribution < 1.29 is 9.53 Å². The highest BCUT2D eigenvalue weighted by Crippen LogP contribution is 2.22. The van der Waals surface area contributed by atoms with Crippen molar-refractivity contribution in [2.75, 3.05) is 0 Å². The van der Waals surface area contributed by atoms with Crippen LogP contribution in [-0.2, 0) is 6.54 Å². The fourth-order valence-electron chi connectivity index (χ4n) is 1.89. The first kappa shape index (κ1) is 13.5. The molecule has 1 aliphatic rings. The van der Waals surface area contributed by atoms with Gasteiger partial charge < -0.3 is 15.8 Å². The van der Waals surface area contributed by atoms with Gasteiger partial charge in [-0.1, -0.05) is 12.1 Å². The number of carbonyl (C=O) groups is 1. The number of benzene rings is 1. The number of rotatable bonds is 6. The number of nitrogens with two attached hydrogens (primary N) is 1. The zero-order valence-electron chi connectivity index (χ0n) is 11.5.